The van der Waals surface area contributed by atoms with Crippen molar-refractivity contribution in [2.45, 2.75) is 20.3 Å². The fourth-order valence-electron chi connectivity index (χ4n) is 2.01. The molecule has 1 aliphatic carbocycles. The number of carbonyl (C=O) groups is 1. The summed E-state index contributed by atoms with van der Waals surface area (Å²) in [7, 11) is 0. The number of hydrogen-bond donors (Lipinski definition) is 1. The molecule has 2 nitrogen and oxygen atoms in total. The molecule has 0 bridgehead atoms. The van der Waals surface area contributed by atoms with Crippen LogP contribution in [0.3, 0.4) is 0 Å². The molecule has 1 aromatic carbocycles. The first-order valence-corrected chi connectivity index (χ1v) is 5.90. The minimum absolute atomic E-state index is 0.0309. The van der Waals surface area contributed by atoms with E-state index >= 15 is 0 Å². The Morgan fingerprint density at radius 1 is 1.24 bits per heavy atom. The van der Waals surface area contributed by atoms with Crippen LogP contribution in [0, 0.1) is 5.92 Å². The lowest BCUT2D eigenvalue weighted by molar-refractivity contribution is 0.0961. The molecule has 1 aromatic rings. The molecule has 1 aliphatic rings. The van der Waals surface area contributed by atoms with E-state index in [1.807, 2.05) is 36.4 Å². The molecular formula is C15H17NO. The molecule has 0 aliphatic heterocycles. The molecule has 1 N–H and O–H groups in total. The first-order valence-electron chi connectivity index (χ1n) is 5.90. The summed E-state index contributed by atoms with van der Waals surface area (Å²) in [6, 6.07) is 9.30. The molecule has 1 amide bonds. The van der Waals surface area contributed by atoms with Gasteiger partial charge in [-0.1, -0.05) is 36.8 Å². The van der Waals surface area contributed by atoms with Crippen molar-refractivity contribution in [1.29, 1.82) is 0 Å². The number of allylic oxidation sites excluding steroid dienone is 4. The molecule has 1 atom stereocenters. The van der Waals surface area contributed by atoms with Crippen LogP contribution >= 0.6 is 0 Å². The van der Waals surface area contributed by atoms with Gasteiger partial charge in [-0.2, -0.15) is 0 Å². The van der Waals surface area contributed by atoms with Crippen LogP contribution in [-0.2, 0) is 0 Å². The minimum atomic E-state index is -0.0309. The van der Waals surface area contributed by atoms with Crippen molar-refractivity contribution in [1.82, 2.24) is 5.32 Å². The summed E-state index contributed by atoms with van der Waals surface area (Å²) in [5.74, 6) is 0.351. The van der Waals surface area contributed by atoms with Crippen molar-refractivity contribution in [3.05, 3.63) is 59.3 Å². The normalized spacial score (nSPS) is 19.3. The number of benzene rings is 1. The van der Waals surface area contributed by atoms with Crippen molar-refractivity contribution in [3.8, 4) is 0 Å². The molecule has 0 fully saturated rings. The van der Waals surface area contributed by atoms with Gasteiger partial charge in [0.2, 0.25) is 0 Å². The van der Waals surface area contributed by atoms with Crippen LogP contribution in [-0.4, -0.2) is 5.91 Å². The highest BCUT2D eigenvalue weighted by molar-refractivity contribution is 5.95. The van der Waals surface area contributed by atoms with Crippen molar-refractivity contribution < 1.29 is 4.79 Å². The van der Waals surface area contributed by atoms with Crippen molar-refractivity contribution in [3.63, 3.8) is 0 Å². The maximum absolute atomic E-state index is 12.0. The highest BCUT2D eigenvalue weighted by atomic mass is 16.1. The second-order valence-corrected chi connectivity index (χ2v) is 4.56. The Kier molecular flexibility index (Phi) is 3.43. The minimum Gasteiger partial charge on any atom is -0.325 e. The van der Waals surface area contributed by atoms with Gasteiger partial charge in [-0.25, -0.2) is 0 Å². The molecule has 0 radical (unpaired) electrons. The topological polar surface area (TPSA) is 29.1 Å². The predicted molar refractivity (Wildman–Crippen MR) is 69.5 cm³/mol. The smallest absolute Gasteiger partial charge is 0.255 e. The first-order chi connectivity index (χ1) is 8.16. The highest BCUT2D eigenvalue weighted by Gasteiger charge is 2.15. The zero-order valence-corrected chi connectivity index (χ0v) is 10.2. The zero-order valence-electron chi connectivity index (χ0n) is 10.2. The van der Waals surface area contributed by atoms with Gasteiger partial charge in [0.25, 0.3) is 5.91 Å². The zero-order chi connectivity index (χ0) is 12.3. The third-order valence-electron chi connectivity index (χ3n) is 3.00. The molecule has 0 heterocycles. The molecule has 0 aromatic heterocycles. The summed E-state index contributed by atoms with van der Waals surface area (Å²) in [5, 5.41) is 2.98. The number of amides is 1. The molecular weight excluding hydrogens is 210 g/mol. The van der Waals surface area contributed by atoms with Crippen LogP contribution in [0.15, 0.2) is 53.8 Å². The van der Waals surface area contributed by atoms with Crippen molar-refractivity contribution in [2.75, 3.05) is 0 Å². The maximum atomic E-state index is 12.0. The summed E-state index contributed by atoms with van der Waals surface area (Å²) < 4.78 is 0. The Balaban J connectivity index is 2.10. The van der Waals surface area contributed by atoms with Crippen molar-refractivity contribution >= 4 is 5.91 Å². The lowest BCUT2D eigenvalue weighted by Gasteiger charge is -2.20. The van der Waals surface area contributed by atoms with Gasteiger partial charge in [0.05, 0.1) is 0 Å². The van der Waals surface area contributed by atoms with E-state index in [9.17, 15) is 4.79 Å². The van der Waals surface area contributed by atoms with Gasteiger partial charge in [-0.15, -0.1) is 0 Å². The lowest BCUT2D eigenvalue weighted by atomic mass is 9.93. The Morgan fingerprint density at radius 3 is 2.59 bits per heavy atom. The summed E-state index contributed by atoms with van der Waals surface area (Å²) in [6.45, 7) is 4.25. The first kappa shape index (κ1) is 11.6. The van der Waals surface area contributed by atoms with Gasteiger partial charge < -0.3 is 5.32 Å². The van der Waals surface area contributed by atoms with Gasteiger partial charge in [0.1, 0.15) is 0 Å². The number of carbonyl (C=O) groups excluding carboxylic acids is 1. The Labute approximate surface area is 102 Å². The summed E-state index contributed by atoms with van der Waals surface area (Å²) in [6.07, 6.45) is 5.09. The number of hydrogen-bond acceptors (Lipinski definition) is 1. The molecule has 1 unspecified atom stereocenters. The number of nitrogens with one attached hydrogen (secondary N) is 1. The van der Waals surface area contributed by atoms with E-state index in [0.717, 1.165) is 12.1 Å². The monoisotopic (exact) mass is 227 g/mol. The van der Waals surface area contributed by atoms with Crippen LogP contribution in [0.2, 0.25) is 0 Å². The Bertz CT molecular complexity index is 471. The van der Waals surface area contributed by atoms with Gasteiger partial charge in [-0.05, 0) is 37.5 Å². The average molecular weight is 227 g/mol. The van der Waals surface area contributed by atoms with Crippen LogP contribution in [0.25, 0.3) is 0 Å². The van der Waals surface area contributed by atoms with E-state index in [-0.39, 0.29) is 5.91 Å². The van der Waals surface area contributed by atoms with Gasteiger partial charge in [-0.3, -0.25) is 4.79 Å². The van der Waals surface area contributed by atoms with E-state index in [1.54, 1.807) is 0 Å². The average Bonchev–Trinajstić information content (AvgIpc) is 2.34. The van der Waals surface area contributed by atoms with E-state index in [4.69, 9.17) is 0 Å². The van der Waals surface area contributed by atoms with Gasteiger partial charge in [0.15, 0.2) is 0 Å². The molecule has 2 heteroatoms. The van der Waals surface area contributed by atoms with Gasteiger partial charge in [0, 0.05) is 11.3 Å². The SMILES string of the molecule is CC1=CC=C(NC(=O)c2ccccc2)C(C)C1. The van der Waals surface area contributed by atoms with Crippen molar-refractivity contribution in [2.24, 2.45) is 5.92 Å². The molecule has 0 saturated heterocycles. The molecule has 0 saturated carbocycles. The number of rotatable bonds is 2. The van der Waals surface area contributed by atoms with E-state index in [1.165, 1.54) is 5.57 Å². The van der Waals surface area contributed by atoms with Gasteiger partial charge >= 0.3 is 0 Å². The molecule has 88 valence electrons. The molecule has 2 rings (SSSR count). The third kappa shape index (κ3) is 2.84. The lowest BCUT2D eigenvalue weighted by Crippen LogP contribution is -2.27. The Morgan fingerprint density at radius 2 is 1.94 bits per heavy atom. The Hall–Kier alpha value is -1.83. The van der Waals surface area contributed by atoms with Crippen LogP contribution in [0.1, 0.15) is 30.6 Å². The third-order valence-corrected chi connectivity index (χ3v) is 3.00. The van der Waals surface area contributed by atoms with Crippen LogP contribution < -0.4 is 5.32 Å². The van der Waals surface area contributed by atoms with E-state index in [0.29, 0.717) is 11.5 Å². The van der Waals surface area contributed by atoms with Crippen LogP contribution in [0.4, 0.5) is 0 Å². The largest absolute Gasteiger partial charge is 0.325 e. The second-order valence-electron chi connectivity index (χ2n) is 4.56. The summed E-state index contributed by atoms with van der Waals surface area (Å²) >= 11 is 0. The fourth-order valence-corrected chi connectivity index (χ4v) is 2.01. The van der Waals surface area contributed by atoms with E-state index in [2.05, 4.69) is 25.2 Å². The maximum Gasteiger partial charge on any atom is 0.255 e. The quantitative estimate of drug-likeness (QED) is 0.825. The molecule has 17 heavy (non-hydrogen) atoms. The fraction of sp³-hybridized carbons (Fsp3) is 0.267. The summed E-state index contributed by atoms with van der Waals surface area (Å²) in [4.78, 5) is 12.0. The predicted octanol–water partition coefficient (Wildman–Crippen LogP) is 3.29. The molecule has 0 spiro atoms. The standard InChI is InChI=1S/C15H17NO/c1-11-8-9-14(12(2)10-11)16-15(17)13-6-4-3-5-7-13/h3-9,12H,10H2,1-2H3,(H,16,17). The second kappa shape index (κ2) is 5.00. The van der Waals surface area contributed by atoms with E-state index < -0.39 is 0 Å². The summed E-state index contributed by atoms with van der Waals surface area (Å²) in [5.41, 5.74) is 3.06. The highest BCUT2D eigenvalue weighted by Crippen LogP contribution is 2.22. The van der Waals surface area contributed by atoms with Crippen LogP contribution in [0.5, 0.6) is 0 Å².